The summed E-state index contributed by atoms with van der Waals surface area (Å²) in [5, 5.41) is 3.69. The number of hydrogen-bond acceptors (Lipinski definition) is 1. The smallest absolute Gasteiger partial charge is 0.0726 e. The van der Waals surface area contributed by atoms with Crippen molar-refractivity contribution >= 4 is 32.7 Å². The molecule has 0 N–H and O–H groups in total. The highest BCUT2D eigenvalue weighted by Gasteiger charge is 2.17. The van der Waals surface area contributed by atoms with Gasteiger partial charge in [0.15, 0.2) is 0 Å². The fourth-order valence-corrected chi connectivity index (χ4v) is 3.71. The molecule has 0 amide bonds. The molecule has 0 fully saturated rings. The van der Waals surface area contributed by atoms with Crippen molar-refractivity contribution in [1.82, 2.24) is 9.55 Å². The molecule has 5 aromatic rings. The van der Waals surface area contributed by atoms with Crippen molar-refractivity contribution in [3.05, 3.63) is 84.6 Å². The van der Waals surface area contributed by atoms with E-state index in [1.54, 1.807) is 0 Å². The largest absolute Gasteiger partial charge is 0.308 e. The highest BCUT2D eigenvalue weighted by Crippen LogP contribution is 2.37. The second kappa shape index (κ2) is 4.93. The van der Waals surface area contributed by atoms with Gasteiger partial charge in [-0.3, -0.25) is 4.98 Å². The number of pyridine rings is 1. The van der Waals surface area contributed by atoms with Gasteiger partial charge in [-0.2, -0.15) is 0 Å². The van der Waals surface area contributed by atoms with Crippen molar-refractivity contribution in [2.24, 2.45) is 0 Å². The summed E-state index contributed by atoms with van der Waals surface area (Å²) >= 11 is 0. The van der Waals surface area contributed by atoms with E-state index in [4.69, 9.17) is 4.98 Å². The molecule has 2 aromatic heterocycles. The summed E-state index contributed by atoms with van der Waals surface area (Å²) in [6, 6.07) is 27.6. The Morgan fingerprint density at radius 2 is 1.38 bits per heavy atom. The first-order valence-corrected chi connectivity index (χ1v) is 8.18. The molecule has 0 atom stereocenters. The van der Waals surface area contributed by atoms with Crippen molar-refractivity contribution < 1.29 is 0 Å². The van der Waals surface area contributed by atoms with E-state index < -0.39 is 0 Å². The Kier molecular flexibility index (Phi) is 2.74. The molecule has 0 saturated heterocycles. The lowest BCUT2D eigenvalue weighted by Crippen LogP contribution is -1.95. The summed E-state index contributed by atoms with van der Waals surface area (Å²) in [5.74, 6) is 0. The molecule has 5 rings (SSSR count). The van der Waals surface area contributed by atoms with Crippen molar-refractivity contribution in [2.45, 2.75) is 6.92 Å². The average Bonchev–Trinajstić information content (AvgIpc) is 2.98. The molecule has 0 aliphatic heterocycles. The third kappa shape index (κ3) is 1.74. The van der Waals surface area contributed by atoms with Gasteiger partial charge in [-0.25, -0.2) is 0 Å². The molecular weight excluding hydrogens is 292 g/mol. The van der Waals surface area contributed by atoms with Gasteiger partial charge in [0.1, 0.15) is 0 Å². The third-order valence-corrected chi connectivity index (χ3v) is 4.70. The average molecular weight is 308 g/mol. The Bertz CT molecular complexity index is 1200. The molecule has 2 heteroatoms. The second-order valence-electron chi connectivity index (χ2n) is 6.13. The number of aryl methyl sites for hydroxylation is 1. The van der Waals surface area contributed by atoms with Crippen molar-refractivity contribution in [1.29, 1.82) is 0 Å². The molecule has 0 radical (unpaired) electrons. The van der Waals surface area contributed by atoms with E-state index in [1.165, 1.54) is 32.9 Å². The number of nitrogens with zero attached hydrogens (tertiary/aromatic N) is 2. The van der Waals surface area contributed by atoms with Crippen LogP contribution in [0.25, 0.3) is 38.4 Å². The monoisotopic (exact) mass is 308 g/mol. The summed E-state index contributed by atoms with van der Waals surface area (Å²) in [7, 11) is 0. The summed E-state index contributed by atoms with van der Waals surface area (Å²) in [4.78, 5) is 4.85. The van der Waals surface area contributed by atoms with Crippen LogP contribution >= 0.6 is 0 Å². The number of hydrogen-bond donors (Lipinski definition) is 0. The fourth-order valence-electron chi connectivity index (χ4n) is 3.71. The lowest BCUT2D eigenvalue weighted by molar-refractivity contribution is 1.18. The zero-order valence-corrected chi connectivity index (χ0v) is 13.4. The lowest BCUT2D eigenvalue weighted by Gasteiger charge is -2.10. The van der Waals surface area contributed by atoms with E-state index in [2.05, 4.69) is 90.4 Å². The van der Waals surface area contributed by atoms with Crippen molar-refractivity contribution in [3.8, 4) is 5.69 Å². The Balaban J connectivity index is 2.13. The molecule has 0 aliphatic carbocycles. The second-order valence-corrected chi connectivity index (χ2v) is 6.13. The maximum Gasteiger partial charge on any atom is 0.0726 e. The molecule has 0 spiro atoms. The van der Waals surface area contributed by atoms with Crippen LogP contribution in [0.3, 0.4) is 0 Å². The van der Waals surface area contributed by atoms with Gasteiger partial charge in [0.05, 0.1) is 16.6 Å². The van der Waals surface area contributed by atoms with E-state index in [0.717, 1.165) is 11.2 Å². The molecular formula is C22H16N2. The van der Waals surface area contributed by atoms with Crippen LogP contribution in [0.15, 0.2) is 78.9 Å². The zero-order valence-electron chi connectivity index (χ0n) is 13.4. The van der Waals surface area contributed by atoms with E-state index in [1.807, 2.05) is 0 Å². The summed E-state index contributed by atoms with van der Waals surface area (Å²) < 4.78 is 2.36. The van der Waals surface area contributed by atoms with E-state index in [-0.39, 0.29) is 0 Å². The molecule has 24 heavy (non-hydrogen) atoms. The SMILES string of the molecule is Cc1nc2ccccc2c2c1c1ccccc1n2-c1ccccc1. The van der Waals surface area contributed by atoms with Gasteiger partial charge in [-0.05, 0) is 31.2 Å². The van der Waals surface area contributed by atoms with Gasteiger partial charge < -0.3 is 4.57 Å². The molecule has 0 unspecified atom stereocenters. The van der Waals surface area contributed by atoms with Crippen LogP contribution in [0.2, 0.25) is 0 Å². The molecule has 2 heterocycles. The number of aromatic nitrogens is 2. The van der Waals surface area contributed by atoms with E-state index in [9.17, 15) is 0 Å². The predicted octanol–water partition coefficient (Wildman–Crippen LogP) is 5.64. The van der Waals surface area contributed by atoms with E-state index in [0.29, 0.717) is 0 Å². The van der Waals surface area contributed by atoms with Gasteiger partial charge in [-0.1, -0.05) is 54.6 Å². The predicted molar refractivity (Wildman–Crippen MR) is 101 cm³/mol. The number of para-hydroxylation sites is 3. The summed E-state index contributed by atoms with van der Waals surface area (Å²) in [6.45, 7) is 2.11. The Labute approximate surface area is 140 Å². The number of benzene rings is 3. The Hall–Kier alpha value is -3.13. The maximum atomic E-state index is 4.85. The van der Waals surface area contributed by atoms with Gasteiger partial charge in [-0.15, -0.1) is 0 Å². The number of fused-ring (bicyclic) bond motifs is 5. The van der Waals surface area contributed by atoms with Crippen LogP contribution in [0.5, 0.6) is 0 Å². The quantitative estimate of drug-likeness (QED) is 0.392. The van der Waals surface area contributed by atoms with Gasteiger partial charge in [0.25, 0.3) is 0 Å². The van der Waals surface area contributed by atoms with Crippen molar-refractivity contribution in [3.63, 3.8) is 0 Å². The highest BCUT2D eigenvalue weighted by atomic mass is 15.0. The summed E-state index contributed by atoms with van der Waals surface area (Å²) in [5.41, 5.74) is 5.77. The Morgan fingerprint density at radius 3 is 2.21 bits per heavy atom. The Morgan fingerprint density at radius 1 is 0.708 bits per heavy atom. The first-order chi connectivity index (χ1) is 11.8. The van der Waals surface area contributed by atoms with Crippen molar-refractivity contribution in [2.75, 3.05) is 0 Å². The normalized spacial score (nSPS) is 11.5. The fraction of sp³-hybridized carbons (Fsp3) is 0.0455. The van der Waals surface area contributed by atoms with Crippen LogP contribution in [-0.4, -0.2) is 9.55 Å². The molecule has 2 nitrogen and oxygen atoms in total. The molecule has 3 aromatic carbocycles. The maximum absolute atomic E-state index is 4.85. The van der Waals surface area contributed by atoms with Crippen LogP contribution in [0.4, 0.5) is 0 Å². The minimum absolute atomic E-state index is 1.04. The molecule has 0 bridgehead atoms. The topological polar surface area (TPSA) is 17.8 Å². The van der Waals surface area contributed by atoms with Crippen LogP contribution in [0, 0.1) is 6.92 Å². The zero-order chi connectivity index (χ0) is 16.1. The van der Waals surface area contributed by atoms with Crippen LogP contribution < -0.4 is 0 Å². The van der Waals surface area contributed by atoms with Gasteiger partial charge in [0.2, 0.25) is 0 Å². The lowest BCUT2D eigenvalue weighted by atomic mass is 10.1. The minimum Gasteiger partial charge on any atom is -0.308 e. The van der Waals surface area contributed by atoms with E-state index >= 15 is 0 Å². The minimum atomic E-state index is 1.04. The summed E-state index contributed by atoms with van der Waals surface area (Å²) in [6.07, 6.45) is 0. The molecule has 114 valence electrons. The number of rotatable bonds is 1. The molecule has 0 aliphatic rings. The first-order valence-electron chi connectivity index (χ1n) is 8.18. The molecule has 0 saturated carbocycles. The highest BCUT2D eigenvalue weighted by molar-refractivity contribution is 6.18. The van der Waals surface area contributed by atoms with Crippen LogP contribution in [-0.2, 0) is 0 Å². The van der Waals surface area contributed by atoms with Gasteiger partial charge >= 0.3 is 0 Å². The van der Waals surface area contributed by atoms with Crippen LogP contribution in [0.1, 0.15) is 5.69 Å². The first kappa shape index (κ1) is 13.3. The standard InChI is InChI=1S/C22H16N2/c1-15-21-18-12-6-8-14-20(18)24(16-9-3-2-4-10-16)22(21)17-11-5-7-13-19(17)23-15/h2-14H,1H3. The third-order valence-electron chi connectivity index (χ3n) is 4.70. The van der Waals surface area contributed by atoms with Gasteiger partial charge in [0, 0.05) is 27.5 Å².